The second kappa shape index (κ2) is 5.09. The molecule has 104 valence electrons. The molecule has 1 aliphatic rings. The monoisotopic (exact) mass is 269 g/mol. The van der Waals surface area contributed by atoms with Gasteiger partial charge in [0.2, 0.25) is 5.95 Å². The first-order valence-corrected chi connectivity index (χ1v) is 6.81. The van der Waals surface area contributed by atoms with Gasteiger partial charge in [-0.3, -0.25) is 0 Å². The zero-order chi connectivity index (χ0) is 14.1. The number of fused-ring (bicyclic) bond motifs is 1. The fraction of sp³-hybridized carbons (Fsp3) is 0.333. The van der Waals surface area contributed by atoms with Crippen LogP contribution in [0.3, 0.4) is 0 Å². The Morgan fingerprint density at radius 3 is 2.65 bits per heavy atom. The summed E-state index contributed by atoms with van der Waals surface area (Å²) in [6.07, 6.45) is 0. The zero-order valence-electron chi connectivity index (χ0n) is 11.9. The van der Waals surface area contributed by atoms with E-state index in [0.29, 0.717) is 6.54 Å². The second-order valence-corrected chi connectivity index (χ2v) is 5.07. The van der Waals surface area contributed by atoms with Crippen molar-refractivity contribution < 1.29 is 0 Å². The van der Waals surface area contributed by atoms with Gasteiger partial charge in [0.05, 0.1) is 17.1 Å². The average Bonchev–Trinajstić information content (AvgIpc) is 2.47. The number of likely N-dealkylation sites (N-methyl/N-ethyl adjacent to an activating group) is 1. The number of hydrogen-bond donors (Lipinski definition) is 1. The van der Waals surface area contributed by atoms with Crippen LogP contribution in [0.5, 0.6) is 0 Å². The molecule has 1 aromatic carbocycles. The summed E-state index contributed by atoms with van der Waals surface area (Å²) in [6, 6.07) is 10.3. The van der Waals surface area contributed by atoms with Gasteiger partial charge in [0, 0.05) is 32.4 Å². The normalized spacial score (nSPS) is 14.3. The Labute approximate surface area is 119 Å². The molecule has 2 heterocycles. The van der Waals surface area contributed by atoms with Crippen LogP contribution in [0.25, 0.3) is 0 Å². The van der Waals surface area contributed by atoms with Crippen LogP contribution in [0.4, 0.5) is 17.3 Å². The van der Waals surface area contributed by atoms with Crippen LogP contribution in [0.1, 0.15) is 11.4 Å². The highest BCUT2D eigenvalue weighted by Crippen LogP contribution is 2.35. The summed E-state index contributed by atoms with van der Waals surface area (Å²) in [4.78, 5) is 13.6. The van der Waals surface area contributed by atoms with Gasteiger partial charge < -0.3 is 15.5 Å². The fourth-order valence-electron chi connectivity index (χ4n) is 2.56. The van der Waals surface area contributed by atoms with E-state index in [-0.39, 0.29) is 0 Å². The molecule has 3 rings (SSSR count). The molecule has 0 unspecified atom stereocenters. The van der Waals surface area contributed by atoms with E-state index in [1.807, 2.05) is 19.1 Å². The molecule has 1 aromatic heterocycles. The van der Waals surface area contributed by atoms with Gasteiger partial charge in [-0.25, -0.2) is 9.97 Å². The van der Waals surface area contributed by atoms with E-state index in [9.17, 15) is 0 Å². The summed E-state index contributed by atoms with van der Waals surface area (Å²) in [5.74, 6) is 0.742. The molecule has 0 atom stereocenters. The van der Waals surface area contributed by atoms with Gasteiger partial charge in [-0.15, -0.1) is 0 Å². The molecular weight excluding hydrogens is 250 g/mol. The van der Waals surface area contributed by atoms with E-state index in [1.165, 1.54) is 5.69 Å². The van der Waals surface area contributed by atoms with Gasteiger partial charge >= 0.3 is 0 Å². The minimum Gasteiger partial charge on any atom is -0.371 e. The Bertz CT molecular complexity index is 625. The summed E-state index contributed by atoms with van der Waals surface area (Å²) >= 11 is 0. The van der Waals surface area contributed by atoms with Gasteiger partial charge in [0.1, 0.15) is 0 Å². The lowest BCUT2D eigenvalue weighted by Gasteiger charge is -2.35. The largest absolute Gasteiger partial charge is 0.371 e. The number of anilines is 3. The van der Waals surface area contributed by atoms with Crippen LogP contribution in [0.2, 0.25) is 0 Å². The van der Waals surface area contributed by atoms with E-state index in [4.69, 9.17) is 5.73 Å². The minimum atomic E-state index is 0.436. The minimum absolute atomic E-state index is 0.436. The Balaban J connectivity index is 2.07. The number of benzene rings is 1. The molecule has 0 aliphatic carbocycles. The zero-order valence-corrected chi connectivity index (χ0v) is 11.9. The van der Waals surface area contributed by atoms with E-state index in [1.54, 1.807) is 0 Å². The van der Waals surface area contributed by atoms with Crippen molar-refractivity contribution in [1.82, 2.24) is 9.97 Å². The van der Waals surface area contributed by atoms with E-state index in [2.05, 4.69) is 45.0 Å². The first-order valence-electron chi connectivity index (χ1n) is 6.81. The summed E-state index contributed by atoms with van der Waals surface area (Å²) in [6.45, 7) is 4.24. The lowest BCUT2D eigenvalue weighted by Crippen LogP contribution is -2.37. The Morgan fingerprint density at radius 2 is 1.90 bits per heavy atom. The number of hydrogen-bond acceptors (Lipinski definition) is 5. The van der Waals surface area contributed by atoms with Crippen molar-refractivity contribution in [2.24, 2.45) is 5.73 Å². The van der Waals surface area contributed by atoms with Crippen LogP contribution in [-0.2, 0) is 6.54 Å². The van der Waals surface area contributed by atoms with Crippen molar-refractivity contribution in [3.05, 3.63) is 41.7 Å². The molecular formula is C15H19N5. The van der Waals surface area contributed by atoms with Crippen LogP contribution in [0, 0.1) is 6.92 Å². The van der Waals surface area contributed by atoms with Crippen LogP contribution in [-0.4, -0.2) is 30.1 Å². The van der Waals surface area contributed by atoms with Crippen molar-refractivity contribution in [3.63, 3.8) is 0 Å². The van der Waals surface area contributed by atoms with Crippen molar-refractivity contribution in [2.45, 2.75) is 13.5 Å². The molecule has 0 radical (unpaired) electrons. The van der Waals surface area contributed by atoms with E-state index < -0.39 is 0 Å². The highest BCUT2D eigenvalue weighted by molar-refractivity contribution is 5.77. The van der Waals surface area contributed by atoms with Crippen LogP contribution in [0.15, 0.2) is 30.3 Å². The van der Waals surface area contributed by atoms with Gasteiger partial charge in [-0.2, -0.15) is 0 Å². The third kappa shape index (κ3) is 2.20. The standard InChI is InChI=1S/C15H19N5/c1-11-9-12(10-16)18-15(17-11)20-8-7-19(2)13-5-3-4-6-14(13)20/h3-6,9H,7-8,10,16H2,1-2H3. The number of aromatic nitrogens is 2. The number of nitrogens with zero attached hydrogens (tertiary/aromatic N) is 4. The Hall–Kier alpha value is -2.14. The maximum Gasteiger partial charge on any atom is 0.230 e. The molecule has 0 amide bonds. The molecule has 1 aliphatic heterocycles. The van der Waals surface area contributed by atoms with Crippen molar-refractivity contribution >= 4 is 17.3 Å². The second-order valence-electron chi connectivity index (χ2n) is 5.07. The van der Waals surface area contributed by atoms with Gasteiger partial charge in [0.25, 0.3) is 0 Å². The predicted molar refractivity (Wildman–Crippen MR) is 81.4 cm³/mol. The van der Waals surface area contributed by atoms with Crippen molar-refractivity contribution in [3.8, 4) is 0 Å². The molecule has 0 fully saturated rings. The highest BCUT2D eigenvalue weighted by Gasteiger charge is 2.23. The molecule has 0 saturated carbocycles. The third-order valence-corrected chi connectivity index (χ3v) is 3.59. The third-order valence-electron chi connectivity index (χ3n) is 3.59. The lowest BCUT2D eigenvalue weighted by molar-refractivity contribution is 0.791. The molecule has 0 spiro atoms. The summed E-state index contributed by atoms with van der Waals surface area (Å²) in [5.41, 5.74) is 9.90. The van der Waals surface area contributed by atoms with E-state index >= 15 is 0 Å². The van der Waals surface area contributed by atoms with Crippen LogP contribution >= 0.6 is 0 Å². The Kier molecular flexibility index (Phi) is 3.28. The smallest absolute Gasteiger partial charge is 0.230 e. The predicted octanol–water partition coefficient (Wildman–Crippen LogP) is 1.83. The van der Waals surface area contributed by atoms with Gasteiger partial charge in [0.15, 0.2) is 0 Å². The maximum atomic E-state index is 5.72. The fourth-order valence-corrected chi connectivity index (χ4v) is 2.56. The molecule has 0 saturated heterocycles. The number of para-hydroxylation sites is 2. The van der Waals surface area contributed by atoms with Gasteiger partial charge in [-0.05, 0) is 25.1 Å². The van der Waals surface area contributed by atoms with Crippen LogP contribution < -0.4 is 15.5 Å². The quantitative estimate of drug-likeness (QED) is 0.901. The van der Waals surface area contributed by atoms with E-state index in [0.717, 1.165) is 36.1 Å². The molecule has 2 N–H and O–H groups in total. The topological polar surface area (TPSA) is 58.3 Å². The SMILES string of the molecule is Cc1cc(CN)nc(N2CCN(C)c3ccccc32)n1. The number of aryl methyl sites for hydroxylation is 1. The summed E-state index contributed by atoms with van der Waals surface area (Å²) in [5, 5.41) is 0. The molecule has 5 heteroatoms. The van der Waals surface area contributed by atoms with Crippen molar-refractivity contribution in [2.75, 3.05) is 29.9 Å². The first-order chi connectivity index (χ1) is 9.69. The number of nitrogens with two attached hydrogens (primary N) is 1. The molecule has 0 bridgehead atoms. The molecule has 2 aromatic rings. The average molecular weight is 269 g/mol. The maximum absolute atomic E-state index is 5.72. The lowest BCUT2D eigenvalue weighted by atomic mass is 10.2. The summed E-state index contributed by atoms with van der Waals surface area (Å²) in [7, 11) is 2.11. The number of rotatable bonds is 2. The molecule has 5 nitrogen and oxygen atoms in total. The summed E-state index contributed by atoms with van der Waals surface area (Å²) < 4.78 is 0. The Morgan fingerprint density at radius 1 is 1.15 bits per heavy atom. The van der Waals surface area contributed by atoms with Crippen molar-refractivity contribution in [1.29, 1.82) is 0 Å². The van der Waals surface area contributed by atoms with Gasteiger partial charge in [-0.1, -0.05) is 12.1 Å². The first kappa shape index (κ1) is 12.9. The highest BCUT2D eigenvalue weighted by atomic mass is 15.3. The molecule has 20 heavy (non-hydrogen) atoms.